The van der Waals surface area contributed by atoms with Crippen molar-refractivity contribution in [3.05, 3.63) is 30.1 Å². The van der Waals surface area contributed by atoms with E-state index in [0.29, 0.717) is 32.1 Å². The summed E-state index contributed by atoms with van der Waals surface area (Å²) in [7, 11) is 0. The summed E-state index contributed by atoms with van der Waals surface area (Å²) in [5.74, 6) is -0.596. The average Bonchev–Trinajstić information content (AvgIpc) is 2.40. The maximum atomic E-state index is 12.9. The van der Waals surface area contributed by atoms with Gasteiger partial charge in [-0.15, -0.1) is 0 Å². The fourth-order valence-corrected chi connectivity index (χ4v) is 1.77. The number of benzene rings is 1. The number of nitrogens with one attached hydrogen (secondary N) is 2. The Morgan fingerprint density at radius 3 is 3.05 bits per heavy atom. The van der Waals surface area contributed by atoms with Crippen LogP contribution in [0.3, 0.4) is 0 Å². The number of halogens is 1. The fraction of sp³-hybridized carbons (Fsp3) is 0.462. The number of carbonyl (C=O) groups is 1. The highest BCUT2D eigenvalue weighted by Crippen LogP contribution is 2.08. The van der Waals surface area contributed by atoms with Gasteiger partial charge in [0, 0.05) is 12.2 Å². The molecule has 1 aromatic carbocycles. The molecule has 0 bridgehead atoms. The summed E-state index contributed by atoms with van der Waals surface area (Å²) in [6.07, 6.45) is -0.0179. The Balaban J connectivity index is 1.67. The maximum absolute atomic E-state index is 12.9. The molecule has 1 aromatic rings. The number of ether oxygens (including phenoxy) is 2. The van der Waals surface area contributed by atoms with E-state index in [0.717, 1.165) is 0 Å². The van der Waals surface area contributed by atoms with Gasteiger partial charge < -0.3 is 20.1 Å². The Morgan fingerprint density at radius 2 is 2.32 bits per heavy atom. The first-order valence-electron chi connectivity index (χ1n) is 6.19. The minimum atomic E-state index is -0.376. The minimum absolute atomic E-state index is 0.0179. The summed E-state index contributed by atoms with van der Waals surface area (Å²) in [6.45, 7) is 2.45. The Bertz CT molecular complexity index is 422. The van der Waals surface area contributed by atoms with Crippen LogP contribution in [-0.4, -0.2) is 44.9 Å². The van der Waals surface area contributed by atoms with Crippen LogP contribution in [0.5, 0.6) is 0 Å². The first kappa shape index (κ1) is 13.9. The van der Waals surface area contributed by atoms with Gasteiger partial charge in [-0.25, -0.2) is 4.39 Å². The number of anilines is 1. The van der Waals surface area contributed by atoms with Crippen LogP contribution < -0.4 is 10.6 Å². The van der Waals surface area contributed by atoms with Crippen LogP contribution in [0.25, 0.3) is 0 Å². The Morgan fingerprint density at radius 1 is 1.42 bits per heavy atom. The Kier molecular flexibility index (Phi) is 5.26. The highest BCUT2D eigenvalue weighted by Gasteiger charge is 2.14. The van der Waals surface area contributed by atoms with Crippen LogP contribution in [0.4, 0.5) is 10.1 Å². The smallest absolute Gasteiger partial charge is 0.238 e. The molecule has 104 valence electrons. The second kappa shape index (κ2) is 7.18. The van der Waals surface area contributed by atoms with E-state index in [-0.39, 0.29) is 24.4 Å². The number of rotatable bonds is 5. The van der Waals surface area contributed by atoms with Gasteiger partial charge in [-0.2, -0.15) is 0 Å². The molecule has 0 aromatic heterocycles. The number of hydrogen-bond acceptors (Lipinski definition) is 4. The van der Waals surface area contributed by atoms with Crippen molar-refractivity contribution in [2.75, 3.05) is 38.2 Å². The second-order valence-corrected chi connectivity index (χ2v) is 4.26. The highest BCUT2D eigenvalue weighted by atomic mass is 19.1. The molecule has 0 spiro atoms. The number of amides is 1. The van der Waals surface area contributed by atoms with E-state index in [1.54, 1.807) is 12.1 Å². The SMILES string of the molecule is O=C(CNCC1COCCO1)Nc1cccc(F)c1. The minimum Gasteiger partial charge on any atom is -0.376 e. The first-order valence-corrected chi connectivity index (χ1v) is 6.19. The predicted molar refractivity (Wildman–Crippen MR) is 68.5 cm³/mol. The summed E-state index contributed by atoms with van der Waals surface area (Å²) < 4.78 is 23.6. The van der Waals surface area contributed by atoms with Crippen LogP contribution in [0.2, 0.25) is 0 Å². The summed E-state index contributed by atoms with van der Waals surface area (Å²) in [5.41, 5.74) is 0.448. The average molecular weight is 268 g/mol. The molecule has 1 aliphatic heterocycles. The zero-order valence-corrected chi connectivity index (χ0v) is 10.5. The third-order valence-corrected chi connectivity index (χ3v) is 2.65. The number of carbonyl (C=O) groups excluding carboxylic acids is 1. The molecule has 19 heavy (non-hydrogen) atoms. The van der Waals surface area contributed by atoms with Crippen molar-refractivity contribution in [3.63, 3.8) is 0 Å². The lowest BCUT2D eigenvalue weighted by atomic mass is 10.3. The van der Waals surface area contributed by atoms with Crippen molar-refractivity contribution in [1.29, 1.82) is 0 Å². The molecule has 1 atom stereocenters. The first-order chi connectivity index (χ1) is 9.24. The van der Waals surface area contributed by atoms with E-state index in [2.05, 4.69) is 10.6 Å². The Labute approximate surface area is 111 Å². The molecule has 5 nitrogen and oxygen atoms in total. The monoisotopic (exact) mass is 268 g/mol. The second-order valence-electron chi connectivity index (χ2n) is 4.26. The van der Waals surface area contributed by atoms with E-state index >= 15 is 0 Å². The third-order valence-electron chi connectivity index (χ3n) is 2.65. The van der Waals surface area contributed by atoms with Crippen LogP contribution in [0.1, 0.15) is 0 Å². The standard InChI is InChI=1S/C13H17FN2O3/c14-10-2-1-3-11(6-10)16-13(17)8-15-7-12-9-18-4-5-19-12/h1-3,6,12,15H,4-5,7-9H2,(H,16,17). The van der Waals surface area contributed by atoms with Crippen molar-refractivity contribution in [1.82, 2.24) is 5.32 Å². The highest BCUT2D eigenvalue weighted by molar-refractivity contribution is 5.92. The summed E-state index contributed by atoms with van der Waals surface area (Å²) in [5, 5.41) is 5.59. The van der Waals surface area contributed by atoms with E-state index < -0.39 is 0 Å². The number of hydrogen-bond donors (Lipinski definition) is 2. The van der Waals surface area contributed by atoms with Gasteiger partial charge in [0.2, 0.25) is 5.91 Å². The maximum Gasteiger partial charge on any atom is 0.238 e. The third kappa shape index (κ3) is 4.94. The lowest BCUT2D eigenvalue weighted by molar-refractivity contribution is -0.116. The quantitative estimate of drug-likeness (QED) is 0.828. The van der Waals surface area contributed by atoms with Gasteiger partial charge in [0.1, 0.15) is 5.82 Å². The van der Waals surface area contributed by atoms with E-state index in [1.807, 2.05) is 0 Å². The van der Waals surface area contributed by atoms with Crippen LogP contribution >= 0.6 is 0 Å². The van der Waals surface area contributed by atoms with Crippen LogP contribution in [0.15, 0.2) is 24.3 Å². The van der Waals surface area contributed by atoms with Gasteiger partial charge in [0.05, 0.1) is 32.5 Å². The lowest BCUT2D eigenvalue weighted by Gasteiger charge is -2.23. The molecule has 0 saturated carbocycles. The van der Waals surface area contributed by atoms with Gasteiger partial charge in [-0.1, -0.05) is 6.07 Å². The molecule has 2 rings (SSSR count). The van der Waals surface area contributed by atoms with Crippen molar-refractivity contribution in [3.8, 4) is 0 Å². The van der Waals surface area contributed by atoms with Crippen LogP contribution in [0, 0.1) is 5.82 Å². The van der Waals surface area contributed by atoms with Crippen molar-refractivity contribution < 1.29 is 18.7 Å². The van der Waals surface area contributed by atoms with Crippen LogP contribution in [-0.2, 0) is 14.3 Å². The summed E-state index contributed by atoms with van der Waals surface area (Å²) >= 11 is 0. The molecule has 1 aliphatic rings. The largest absolute Gasteiger partial charge is 0.376 e. The van der Waals surface area contributed by atoms with Gasteiger partial charge in [-0.05, 0) is 18.2 Å². The van der Waals surface area contributed by atoms with Crippen molar-refractivity contribution >= 4 is 11.6 Å². The molecular weight excluding hydrogens is 251 g/mol. The molecule has 1 fully saturated rings. The lowest BCUT2D eigenvalue weighted by Crippen LogP contribution is -2.40. The molecule has 1 heterocycles. The van der Waals surface area contributed by atoms with E-state index in [9.17, 15) is 9.18 Å². The topological polar surface area (TPSA) is 59.6 Å². The molecule has 0 radical (unpaired) electrons. The van der Waals surface area contributed by atoms with Gasteiger partial charge in [0.25, 0.3) is 0 Å². The molecule has 1 unspecified atom stereocenters. The molecule has 1 saturated heterocycles. The molecule has 1 amide bonds. The van der Waals surface area contributed by atoms with Gasteiger partial charge in [0.15, 0.2) is 0 Å². The van der Waals surface area contributed by atoms with Crippen molar-refractivity contribution in [2.24, 2.45) is 0 Å². The Hall–Kier alpha value is -1.50. The zero-order chi connectivity index (χ0) is 13.5. The zero-order valence-electron chi connectivity index (χ0n) is 10.5. The van der Waals surface area contributed by atoms with Crippen molar-refractivity contribution in [2.45, 2.75) is 6.10 Å². The van der Waals surface area contributed by atoms with E-state index in [4.69, 9.17) is 9.47 Å². The molecule has 0 aliphatic carbocycles. The van der Waals surface area contributed by atoms with E-state index in [1.165, 1.54) is 12.1 Å². The summed E-state index contributed by atoms with van der Waals surface area (Å²) in [4.78, 5) is 11.6. The normalized spacial score (nSPS) is 19.1. The van der Waals surface area contributed by atoms with Gasteiger partial charge in [-0.3, -0.25) is 4.79 Å². The molecule has 2 N–H and O–H groups in total. The van der Waals surface area contributed by atoms with Gasteiger partial charge >= 0.3 is 0 Å². The molecule has 6 heteroatoms. The molecular formula is C13H17FN2O3. The summed E-state index contributed by atoms with van der Waals surface area (Å²) in [6, 6.07) is 5.79. The predicted octanol–water partition coefficient (Wildman–Crippen LogP) is 0.769. The fourth-order valence-electron chi connectivity index (χ4n) is 1.77.